The third-order valence-electron chi connectivity index (χ3n) is 6.32. The van der Waals surface area contributed by atoms with Gasteiger partial charge in [0, 0.05) is 18.7 Å². The lowest BCUT2D eigenvalue weighted by atomic mass is 9.76. The molecule has 4 rings (SSSR count). The van der Waals surface area contributed by atoms with Gasteiger partial charge in [-0.15, -0.1) is 0 Å². The molecule has 4 nitrogen and oxygen atoms in total. The van der Waals surface area contributed by atoms with Crippen LogP contribution in [0.2, 0.25) is 5.02 Å². The molecule has 1 amide bonds. The first kappa shape index (κ1) is 20.0. The molecule has 0 bridgehead atoms. The van der Waals surface area contributed by atoms with Crippen molar-refractivity contribution in [3.63, 3.8) is 0 Å². The zero-order valence-electron chi connectivity index (χ0n) is 16.8. The maximum absolute atomic E-state index is 12.9. The van der Waals surface area contributed by atoms with Crippen molar-refractivity contribution in [3.05, 3.63) is 64.4 Å². The van der Waals surface area contributed by atoms with E-state index in [1.807, 2.05) is 49.4 Å². The minimum absolute atomic E-state index is 0.190. The van der Waals surface area contributed by atoms with Gasteiger partial charge in [-0.25, -0.2) is 0 Å². The Kier molecular flexibility index (Phi) is 5.41. The van der Waals surface area contributed by atoms with Crippen LogP contribution >= 0.6 is 11.6 Å². The van der Waals surface area contributed by atoms with E-state index in [4.69, 9.17) is 16.3 Å². The molecule has 0 aromatic heterocycles. The van der Waals surface area contributed by atoms with Gasteiger partial charge in [0.25, 0.3) is 5.91 Å². The number of amides is 1. The molecular weight excluding hydrogens is 386 g/mol. The molecule has 1 saturated carbocycles. The summed E-state index contributed by atoms with van der Waals surface area (Å²) in [6.45, 7) is 2.69. The Hall–Kier alpha value is -2.30. The summed E-state index contributed by atoms with van der Waals surface area (Å²) in [7, 11) is 1.72. The van der Waals surface area contributed by atoms with Gasteiger partial charge in [-0.3, -0.25) is 4.79 Å². The van der Waals surface area contributed by atoms with Crippen LogP contribution in [0.4, 0.5) is 0 Å². The molecule has 1 heterocycles. The van der Waals surface area contributed by atoms with Crippen LogP contribution in [-0.4, -0.2) is 30.3 Å². The maximum Gasteiger partial charge on any atom is 0.256 e. The molecule has 5 heteroatoms. The van der Waals surface area contributed by atoms with E-state index in [1.54, 1.807) is 7.11 Å². The van der Waals surface area contributed by atoms with Crippen LogP contribution in [0.1, 0.15) is 36.8 Å². The van der Waals surface area contributed by atoms with Gasteiger partial charge in [0.1, 0.15) is 5.76 Å². The zero-order valence-corrected chi connectivity index (χ0v) is 17.6. The normalized spacial score (nSPS) is 24.2. The molecule has 0 unspecified atom stereocenters. The Bertz CT molecular complexity index is 957. The number of nitrogens with one attached hydrogen (secondary N) is 1. The Morgan fingerprint density at radius 2 is 1.79 bits per heavy atom. The molecule has 2 aromatic carbocycles. The molecule has 0 radical (unpaired) electrons. The van der Waals surface area contributed by atoms with Gasteiger partial charge in [-0.2, -0.15) is 0 Å². The number of halogens is 1. The van der Waals surface area contributed by atoms with Crippen molar-refractivity contribution in [2.45, 2.75) is 38.1 Å². The molecular formula is C24H26ClNO3. The van der Waals surface area contributed by atoms with E-state index in [1.165, 1.54) is 0 Å². The molecule has 1 aliphatic carbocycles. The van der Waals surface area contributed by atoms with Gasteiger partial charge < -0.3 is 15.2 Å². The highest BCUT2D eigenvalue weighted by Crippen LogP contribution is 2.43. The molecule has 29 heavy (non-hydrogen) atoms. The predicted octanol–water partition coefficient (Wildman–Crippen LogP) is 5.29. The van der Waals surface area contributed by atoms with Crippen molar-refractivity contribution >= 4 is 23.1 Å². The molecule has 1 spiro atoms. The third kappa shape index (κ3) is 3.67. The lowest BCUT2D eigenvalue weighted by molar-refractivity contribution is -0.116. The van der Waals surface area contributed by atoms with Gasteiger partial charge in [-0.1, -0.05) is 35.9 Å². The first-order valence-corrected chi connectivity index (χ1v) is 10.4. The molecule has 2 aromatic rings. The summed E-state index contributed by atoms with van der Waals surface area (Å²) in [5.41, 5.74) is 3.51. The van der Waals surface area contributed by atoms with E-state index in [-0.39, 0.29) is 11.7 Å². The largest absolute Gasteiger partial charge is 0.509 e. The molecule has 0 saturated heterocycles. The summed E-state index contributed by atoms with van der Waals surface area (Å²) in [6.07, 6.45) is 3.32. The van der Waals surface area contributed by atoms with Crippen molar-refractivity contribution in [2.24, 2.45) is 5.92 Å². The average molecular weight is 412 g/mol. The average Bonchev–Trinajstić information content (AvgIpc) is 2.95. The van der Waals surface area contributed by atoms with Crippen molar-refractivity contribution in [2.75, 3.05) is 13.7 Å². The van der Waals surface area contributed by atoms with Gasteiger partial charge >= 0.3 is 0 Å². The monoisotopic (exact) mass is 411 g/mol. The van der Waals surface area contributed by atoms with Crippen LogP contribution in [0.25, 0.3) is 16.7 Å². The number of aliphatic hydroxyl groups is 1. The Balaban J connectivity index is 1.70. The molecule has 1 fully saturated rings. The number of rotatable bonds is 4. The van der Waals surface area contributed by atoms with Crippen LogP contribution in [0.5, 0.6) is 0 Å². The van der Waals surface area contributed by atoms with E-state index in [9.17, 15) is 9.90 Å². The molecule has 0 atom stereocenters. The number of benzene rings is 2. The minimum atomic E-state index is -0.640. The molecule has 2 N–H and O–H groups in total. The summed E-state index contributed by atoms with van der Waals surface area (Å²) in [6, 6.07) is 13.6. The van der Waals surface area contributed by atoms with Crippen molar-refractivity contribution in [3.8, 4) is 11.1 Å². The lowest BCUT2D eigenvalue weighted by Crippen LogP contribution is -2.47. The molecule has 152 valence electrons. The van der Waals surface area contributed by atoms with Gasteiger partial charge in [-0.05, 0) is 79.0 Å². The standard InChI is InChI=1S/C24H26ClNO3/c1-15-3-4-18(17-5-7-19(25)8-6-17)13-20(15)21-22(27)24(26-23(21)28)11-9-16(10-12-24)14-29-2/h3-8,13,16,27H,9-12,14H2,1-2H3,(H,26,28)/t16-,24-. The van der Waals surface area contributed by atoms with Crippen LogP contribution in [0, 0.1) is 12.8 Å². The summed E-state index contributed by atoms with van der Waals surface area (Å²) in [4.78, 5) is 12.9. The maximum atomic E-state index is 12.9. The quantitative estimate of drug-likeness (QED) is 0.718. The Morgan fingerprint density at radius 3 is 2.45 bits per heavy atom. The highest BCUT2D eigenvalue weighted by molar-refractivity contribution is 6.30. The number of ether oxygens (including phenoxy) is 1. The number of methoxy groups -OCH3 is 1. The van der Waals surface area contributed by atoms with E-state index in [0.717, 1.165) is 54.5 Å². The minimum Gasteiger partial charge on any atom is -0.509 e. The lowest BCUT2D eigenvalue weighted by Gasteiger charge is -2.37. The second-order valence-corrected chi connectivity index (χ2v) is 8.63. The van der Waals surface area contributed by atoms with Crippen LogP contribution in [-0.2, 0) is 9.53 Å². The summed E-state index contributed by atoms with van der Waals surface area (Å²) in [5.74, 6) is 0.480. The summed E-state index contributed by atoms with van der Waals surface area (Å²) < 4.78 is 5.28. The Morgan fingerprint density at radius 1 is 1.14 bits per heavy atom. The van der Waals surface area contributed by atoms with E-state index in [2.05, 4.69) is 5.32 Å². The topological polar surface area (TPSA) is 58.6 Å². The number of hydrogen-bond acceptors (Lipinski definition) is 3. The van der Waals surface area contributed by atoms with Crippen molar-refractivity contribution in [1.82, 2.24) is 5.32 Å². The molecule has 1 aliphatic heterocycles. The third-order valence-corrected chi connectivity index (χ3v) is 6.57. The van der Waals surface area contributed by atoms with Crippen LogP contribution < -0.4 is 5.32 Å². The summed E-state index contributed by atoms with van der Waals surface area (Å²) in [5, 5.41) is 15.0. The van der Waals surface area contributed by atoms with Crippen molar-refractivity contribution in [1.29, 1.82) is 0 Å². The zero-order chi connectivity index (χ0) is 20.6. The SMILES string of the molecule is COC[C@H]1CC[C@@]2(CC1)NC(=O)C(c1cc(-c3ccc(Cl)cc3)ccc1C)=C2O. The van der Waals surface area contributed by atoms with Gasteiger partial charge in [0.05, 0.1) is 11.1 Å². The molecule has 2 aliphatic rings. The predicted molar refractivity (Wildman–Crippen MR) is 116 cm³/mol. The number of carbonyl (C=O) groups is 1. The number of carbonyl (C=O) groups excluding carboxylic acids is 1. The van der Waals surface area contributed by atoms with Crippen LogP contribution in [0.3, 0.4) is 0 Å². The number of hydrogen-bond donors (Lipinski definition) is 2. The number of aryl methyl sites for hydroxylation is 1. The van der Waals surface area contributed by atoms with E-state index in [0.29, 0.717) is 16.5 Å². The second-order valence-electron chi connectivity index (χ2n) is 8.20. The Labute approximate surface area is 176 Å². The smallest absolute Gasteiger partial charge is 0.256 e. The fourth-order valence-electron chi connectivity index (χ4n) is 4.58. The van der Waals surface area contributed by atoms with E-state index >= 15 is 0 Å². The van der Waals surface area contributed by atoms with Crippen molar-refractivity contribution < 1.29 is 14.6 Å². The van der Waals surface area contributed by atoms with Crippen LogP contribution in [0.15, 0.2) is 48.2 Å². The summed E-state index contributed by atoms with van der Waals surface area (Å²) >= 11 is 6.01. The first-order valence-electron chi connectivity index (χ1n) is 10.1. The second kappa shape index (κ2) is 7.85. The van der Waals surface area contributed by atoms with E-state index < -0.39 is 5.54 Å². The highest BCUT2D eigenvalue weighted by Gasteiger charge is 2.48. The highest BCUT2D eigenvalue weighted by atomic mass is 35.5. The fourth-order valence-corrected chi connectivity index (χ4v) is 4.71. The number of aliphatic hydroxyl groups excluding tert-OH is 1. The van der Waals surface area contributed by atoms with Gasteiger partial charge in [0.15, 0.2) is 0 Å². The fraction of sp³-hybridized carbons (Fsp3) is 0.375. The first-order chi connectivity index (χ1) is 13.9. The van der Waals surface area contributed by atoms with Gasteiger partial charge in [0.2, 0.25) is 0 Å².